The van der Waals surface area contributed by atoms with Crippen LogP contribution in [-0.4, -0.2) is 28.5 Å². The van der Waals surface area contributed by atoms with E-state index in [9.17, 15) is 4.79 Å². The van der Waals surface area contributed by atoms with Crippen LogP contribution in [0.5, 0.6) is 0 Å². The standard InChI is InChI=1S/C26H26N4OS/c1-18(19-8-3-2-4-9-19)27-24(31)15-16-30(20-13-14-20)26-21-10-5-6-11-22(21)28-25(29-26)23-12-7-17-32-23/h2-12,17-18,20H,13-16H2,1H3,(H,27,31)/t18-/m1/s1. The van der Waals surface area contributed by atoms with Crippen LogP contribution in [0, 0.1) is 0 Å². The van der Waals surface area contributed by atoms with Crippen molar-refractivity contribution in [2.24, 2.45) is 0 Å². The van der Waals surface area contributed by atoms with Gasteiger partial charge in [0.1, 0.15) is 5.82 Å². The number of fused-ring (bicyclic) bond motifs is 1. The lowest BCUT2D eigenvalue weighted by Gasteiger charge is -2.25. The average Bonchev–Trinajstić information content (AvgIpc) is 3.51. The second-order valence-corrected chi connectivity index (χ2v) is 9.19. The fourth-order valence-electron chi connectivity index (χ4n) is 4.00. The minimum absolute atomic E-state index is 0.0108. The molecule has 1 aliphatic carbocycles. The molecule has 1 N–H and O–H groups in total. The first-order chi connectivity index (χ1) is 15.7. The summed E-state index contributed by atoms with van der Waals surface area (Å²) in [5.74, 6) is 1.75. The number of hydrogen-bond donors (Lipinski definition) is 1. The number of amides is 1. The van der Waals surface area contributed by atoms with Crippen molar-refractivity contribution in [1.29, 1.82) is 0 Å². The molecule has 32 heavy (non-hydrogen) atoms. The highest BCUT2D eigenvalue weighted by atomic mass is 32.1. The number of rotatable bonds is 8. The largest absolute Gasteiger partial charge is 0.352 e. The van der Waals surface area contributed by atoms with Crippen molar-refractivity contribution in [3.05, 3.63) is 77.7 Å². The number of hydrogen-bond acceptors (Lipinski definition) is 5. The van der Waals surface area contributed by atoms with E-state index in [2.05, 4.69) is 22.3 Å². The zero-order chi connectivity index (χ0) is 21.9. The number of nitrogens with one attached hydrogen (secondary N) is 1. The van der Waals surface area contributed by atoms with Gasteiger partial charge in [-0.05, 0) is 48.9 Å². The number of thiophene rings is 1. The Kier molecular flexibility index (Phi) is 5.86. The van der Waals surface area contributed by atoms with Crippen molar-refractivity contribution in [2.75, 3.05) is 11.4 Å². The highest BCUT2D eigenvalue weighted by molar-refractivity contribution is 7.13. The highest BCUT2D eigenvalue weighted by Crippen LogP contribution is 2.36. The van der Waals surface area contributed by atoms with E-state index in [0.29, 0.717) is 19.0 Å². The molecule has 162 valence electrons. The van der Waals surface area contributed by atoms with E-state index in [-0.39, 0.29) is 11.9 Å². The van der Waals surface area contributed by atoms with E-state index in [1.54, 1.807) is 11.3 Å². The molecule has 2 aromatic heterocycles. The third kappa shape index (κ3) is 4.50. The van der Waals surface area contributed by atoms with Gasteiger partial charge in [0.2, 0.25) is 5.91 Å². The van der Waals surface area contributed by atoms with Gasteiger partial charge in [-0.2, -0.15) is 0 Å². The van der Waals surface area contributed by atoms with E-state index in [0.717, 1.165) is 45.8 Å². The Morgan fingerprint density at radius 3 is 2.59 bits per heavy atom. The van der Waals surface area contributed by atoms with Crippen molar-refractivity contribution >= 4 is 34.0 Å². The van der Waals surface area contributed by atoms with Gasteiger partial charge in [0.25, 0.3) is 0 Å². The molecule has 5 rings (SSSR count). The lowest BCUT2D eigenvalue weighted by molar-refractivity contribution is -0.121. The molecule has 6 heteroatoms. The topological polar surface area (TPSA) is 58.1 Å². The van der Waals surface area contributed by atoms with Gasteiger partial charge >= 0.3 is 0 Å². The number of nitrogens with zero attached hydrogens (tertiary/aromatic N) is 3. The average molecular weight is 443 g/mol. The molecule has 1 fully saturated rings. The van der Waals surface area contributed by atoms with Gasteiger partial charge in [0.05, 0.1) is 16.4 Å². The first-order valence-electron chi connectivity index (χ1n) is 11.1. The van der Waals surface area contributed by atoms with Gasteiger partial charge in [-0.1, -0.05) is 48.5 Å². The van der Waals surface area contributed by atoms with Crippen molar-refractivity contribution in [2.45, 2.75) is 38.3 Å². The van der Waals surface area contributed by atoms with E-state index in [4.69, 9.17) is 9.97 Å². The van der Waals surface area contributed by atoms with Gasteiger partial charge in [0.15, 0.2) is 5.82 Å². The van der Waals surface area contributed by atoms with E-state index in [1.807, 2.05) is 66.9 Å². The highest BCUT2D eigenvalue weighted by Gasteiger charge is 2.32. The number of anilines is 1. The summed E-state index contributed by atoms with van der Waals surface area (Å²) in [6.07, 6.45) is 2.70. The maximum absolute atomic E-state index is 12.8. The van der Waals surface area contributed by atoms with Crippen LogP contribution in [0.25, 0.3) is 21.6 Å². The second-order valence-electron chi connectivity index (χ2n) is 8.24. The number of carbonyl (C=O) groups is 1. The monoisotopic (exact) mass is 442 g/mol. The molecule has 0 unspecified atom stereocenters. The van der Waals surface area contributed by atoms with Gasteiger partial charge < -0.3 is 10.2 Å². The molecule has 1 aliphatic rings. The molecule has 5 nitrogen and oxygen atoms in total. The first kappa shape index (κ1) is 20.6. The lowest BCUT2D eigenvalue weighted by atomic mass is 10.1. The molecule has 4 aromatic rings. The van der Waals surface area contributed by atoms with Gasteiger partial charge in [0, 0.05) is 24.4 Å². The summed E-state index contributed by atoms with van der Waals surface area (Å²) in [5.41, 5.74) is 2.05. The van der Waals surface area contributed by atoms with Crippen LogP contribution in [0.2, 0.25) is 0 Å². The fourth-order valence-corrected chi connectivity index (χ4v) is 4.66. The Morgan fingerprint density at radius 2 is 1.84 bits per heavy atom. The Balaban J connectivity index is 1.38. The summed E-state index contributed by atoms with van der Waals surface area (Å²) in [6, 6.07) is 22.7. The number of benzene rings is 2. The Hall–Kier alpha value is -3.25. The molecular formula is C26H26N4OS. The van der Waals surface area contributed by atoms with Crippen LogP contribution in [0.15, 0.2) is 72.1 Å². The van der Waals surface area contributed by atoms with E-state index in [1.165, 1.54) is 0 Å². The molecule has 0 radical (unpaired) electrons. The fraction of sp³-hybridized carbons (Fsp3) is 0.269. The molecule has 0 spiro atoms. The Bertz CT molecular complexity index is 1210. The summed E-state index contributed by atoms with van der Waals surface area (Å²) >= 11 is 1.64. The number of carbonyl (C=O) groups excluding carboxylic acids is 1. The summed E-state index contributed by atoms with van der Waals surface area (Å²) in [7, 11) is 0. The van der Waals surface area contributed by atoms with Gasteiger partial charge in [-0.15, -0.1) is 11.3 Å². The molecule has 1 atom stereocenters. The quantitative estimate of drug-likeness (QED) is 0.386. The van der Waals surface area contributed by atoms with Crippen LogP contribution in [0.4, 0.5) is 5.82 Å². The third-order valence-electron chi connectivity index (χ3n) is 5.84. The van der Waals surface area contributed by atoms with Crippen LogP contribution in [0.1, 0.15) is 37.8 Å². The first-order valence-corrected chi connectivity index (χ1v) is 12.0. The SMILES string of the molecule is C[C@@H](NC(=O)CCN(c1nc(-c2cccs2)nc2ccccc12)C1CC1)c1ccccc1. The summed E-state index contributed by atoms with van der Waals surface area (Å²) < 4.78 is 0. The van der Waals surface area contributed by atoms with Crippen LogP contribution < -0.4 is 10.2 Å². The second kappa shape index (κ2) is 9.09. The summed E-state index contributed by atoms with van der Waals surface area (Å²) in [6.45, 7) is 2.67. The molecule has 1 saturated carbocycles. The third-order valence-corrected chi connectivity index (χ3v) is 6.71. The normalized spacial score (nSPS) is 14.3. The lowest BCUT2D eigenvalue weighted by Crippen LogP contribution is -2.34. The smallest absolute Gasteiger partial charge is 0.222 e. The molecule has 0 aliphatic heterocycles. The van der Waals surface area contributed by atoms with Crippen molar-refractivity contribution in [1.82, 2.24) is 15.3 Å². The van der Waals surface area contributed by atoms with E-state index >= 15 is 0 Å². The maximum atomic E-state index is 12.8. The van der Waals surface area contributed by atoms with Crippen LogP contribution in [0.3, 0.4) is 0 Å². The van der Waals surface area contributed by atoms with Crippen molar-refractivity contribution < 1.29 is 4.79 Å². The minimum Gasteiger partial charge on any atom is -0.352 e. The molecule has 0 bridgehead atoms. The summed E-state index contributed by atoms with van der Waals surface area (Å²) in [4.78, 5) is 25.9. The number of para-hydroxylation sites is 1. The Morgan fingerprint density at radius 1 is 1.06 bits per heavy atom. The van der Waals surface area contributed by atoms with Crippen molar-refractivity contribution in [3.63, 3.8) is 0 Å². The molecular weight excluding hydrogens is 416 g/mol. The zero-order valence-corrected chi connectivity index (χ0v) is 18.9. The molecule has 1 amide bonds. The minimum atomic E-state index is -0.0108. The number of aromatic nitrogens is 2. The molecule has 0 saturated heterocycles. The maximum Gasteiger partial charge on any atom is 0.222 e. The van der Waals surface area contributed by atoms with Crippen LogP contribution >= 0.6 is 11.3 Å². The predicted octanol–water partition coefficient (Wildman–Crippen LogP) is 5.59. The molecule has 2 heterocycles. The van der Waals surface area contributed by atoms with Gasteiger partial charge in [-0.3, -0.25) is 4.79 Å². The van der Waals surface area contributed by atoms with Crippen LogP contribution in [-0.2, 0) is 4.79 Å². The zero-order valence-electron chi connectivity index (χ0n) is 18.1. The summed E-state index contributed by atoms with van der Waals surface area (Å²) in [5, 5.41) is 6.22. The molecule has 2 aromatic carbocycles. The van der Waals surface area contributed by atoms with E-state index < -0.39 is 0 Å². The Labute approximate surface area is 192 Å². The predicted molar refractivity (Wildman–Crippen MR) is 131 cm³/mol. The van der Waals surface area contributed by atoms with Crippen molar-refractivity contribution in [3.8, 4) is 10.7 Å². The van der Waals surface area contributed by atoms with Gasteiger partial charge in [-0.25, -0.2) is 9.97 Å².